The lowest BCUT2D eigenvalue weighted by atomic mass is 9.98. The zero-order chi connectivity index (χ0) is 14.4. The van der Waals surface area contributed by atoms with Gasteiger partial charge in [0.25, 0.3) is 0 Å². The molecule has 2 unspecified atom stereocenters. The number of hydrogen-bond donors (Lipinski definition) is 1. The van der Waals surface area contributed by atoms with Crippen molar-refractivity contribution in [2.24, 2.45) is 5.73 Å². The van der Waals surface area contributed by atoms with Crippen molar-refractivity contribution < 1.29 is 0 Å². The lowest BCUT2D eigenvalue weighted by Gasteiger charge is -2.32. The van der Waals surface area contributed by atoms with Crippen LogP contribution in [0, 0.1) is 6.92 Å². The van der Waals surface area contributed by atoms with Crippen molar-refractivity contribution in [2.45, 2.75) is 32.4 Å². The van der Waals surface area contributed by atoms with E-state index in [9.17, 15) is 0 Å². The SMILES string of the molecule is Cc1cccc(C(C(C)N)N(C)CCCN(C)C)c1. The van der Waals surface area contributed by atoms with Gasteiger partial charge >= 0.3 is 0 Å². The Morgan fingerprint density at radius 2 is 1.84 bits per heavy atom. The van der Waals surface area contributed by atoms with E-state index in [1.54, 1.807) is 0 Å². The van der Waals surface area contributed by atoms with Crippen molar-refractivity contribution in [1.29, 1.82) is 0 Å². The molecule has 0 fully saturated rings. The molecular formula is C16H29N3. The number of nitrogens with two attached hydrogens (primary N) is 1. The molecule has 1 rings (SSSR count). The number of nitrogens with zero attached hydrogens (tertiary/aromatic N) is 2. The summed E-state index contributed by atoms with van der Waals surface area (Å²) in [6, 6.07) is 9.11. The molecule has 0 aliphatic rings. The summed E-state index contributed by atoms with van der Waals surface area (Å²) < 4.78 is 0. The van der Waals surface area contributed by atoms with E-state index in [0.29, 0.717) is 6.04 Å². The normalized spacial score (nSPS) is 14.9. The van der Waals surface area contributed by atoms with Crippen LogP contribution in [-0.2, 0) is 0 Å². The molecule has 0 aliphatic carbocycles. The summed E-state index contributed by atoms with van der Waals surface area (Å²) in [6.45, 7) is 6.41. The number of likely N-dealkylation sites (N-methyl/N-ethyl adjacent to an activating group) is 1. The molecule has 0 spiro atoms. The quantitative estimate of drug-likeness (QED) is 0.819. The zero-order valence-corrected chi connectivity index (χ0v) is 13.1. The first-order valence-electron chi connectivity index (χ1n) is 7.09. The molecule has 0 aliphatic heterocycles. The third kappa shape index (κ3) is 5.31. The highest BCUT2D eigenvalue weighted by atomic mass is 15.1. The van der Waals surface area contributed by atoms with Gasteiger partial charge in [0.1, 0.15) is 0 Å². The van der Waals surface area contributed by atoms with E-state index >= 15 is 0 Å². The molecule has 0 radical (unpaired) electrons. The lowest BCUT2D eigenvalue weighted by Crippen LogP contribution is -2.38. The zero-order valence-electron chi connectivity index (χ0n) is 13.1. The van der Waals surface area contributed by atoms with Gasteiger partial charge in [-0.3, -0.25) is 4.90 Å². The van der Waals surface area contributed by atoms with E-state index < -0.39 is 0 Å². The maximum absolute atomic E-state index is 6.20. The fourth-order valence-electron chi connectivity index (χ4n) is 2.59. The highest BCUT2D eigenvalue weighted by molar-refractivity contribution is 5.26. The number of hydrogen-bond acceptors (Lipinski definition) is 3. The Labute approximate surface area is 118 Å². The Kier molecular flexibility index (Phi) is 6.49. The van der Waals surface area contributed by atoms with Crippen LogP contribution in [0.5, 0.6) is 0 Å². The summed E-state index contributed by atoms with van der Waals surface area (Å²) in [5.41, 5.74) is 8.82. The summed E-state index contributed by atoms with van der Waals surface area (Å²) in [5.74, 6) is 0. The molecule has 0 bridgehead atoms. The molecule has 1 aromatic rings. The molecule has 0 saturated heterocycles. The fraction of sp³-hybridized carbons (Fsp3) is 0.625. The van der Waals surface area contributed by atoms with Crippen LogP contribution in [0.25, 0.3) is 0 Å². The van der Waals surface area contributed by atoms with Gasteiger partial charge in [0, 0.05) is 12.1 Å². The Balaban J connectivity index is 2.71. The maximum Gasteiger partial charge on any atom is 0.0493 e. The summed E-state index contributed by atoms with van der Waals surface area (Å²) in [7, 11) is 6.40. The maximum atomic E-state index is 6.20. The van der Waals surface area contributed by atoms with Crippen molar-refractivity contribution in [3.63, 3.8) is 0 Å². The minimum Gasteiger partial charge on any atom is -0.326 e. The predicted octanol–water partition coefficient (Wildman–Crippen LogP) is 2.27. The van der Waals surface area contributed by atoms with Crippen LogP contribution in [0.15, 0.2) is 24.3 Å². The van der Waals surface area contributed by atoms with Gasteiger partial charge in [0.2, 0.25) is 0 Å². The smallest absolute Gasteiger partial charge is 0.0493 e. The monoisotopic (exact) mass is 263 g/mol. The summed E-state index contributed by atoms with van der Waals surface area (Å²) in [6.07, 6.45) is 1.17. The van der Waals surface area contributed by atoms with E-state index in [-0.39, 0.29) is 6.04 Å². The van der Waals surface area contributed by atoms with Gasteiger partial charge in [-0.05, 0) is 60.1 Å². The molecule has 3 nitrogen and oxygen atoms in total. The van der Waals surface area contributed by atoms with Crippen LogP contribution in [0.1, 0.15) is 30.5 Å². The van der Waals surface area contributed by atoms with Gasteiger partial charge < -0.3 is 10.6 Å². The molecule has 0 aromatic heterocycles. The fourth-order valence-corrected chi connectivity index (χ4v) is 2.59. The second-order valence-electron chi connectivity index (χ2n) is 5.86. The average Bonchev–Trinajstić information content (AvgIpc) is 2.28. The molecule has 3 heteroatoms. The molecule has 2 atom stereocenters. The lowest BCUT2D eigenvalue weighted by molar-refractivity contribution is 0.208. The van der Waals surface area contributed by atoms with Gasteiger partial charge in [0.15, 0.2) is 0 Å². The Hall–Kier alpha value is -0.900. The van der Waals surface area contributed by atoms with E-state index in [1.165, 1.54) is 17.5 Å². The van der Waals surface area contributed by atoms with Gasteiger partial charge in [-0.25, -0.2) is 0 Å². The highest BCUT2D eigenvalue weighted by Crippen LogP contribution is 2.23. The Morgan fingerprint density at radius 1 is 1.16 bits per heavy atom. The van der Waals surface area contributed by atoms with Crippen molar-refractivity contribution in [3.05, 3.63) is 35.4 Å². The van der Waals surface area contributed by atoms with Gasteiger partial charge in [-0.1, -0.05) is 29.8 Å². The summed E-state index contributed by atoms with van der Waals surface area (Å²) in [5, 5.41) is 0. The molecule has 2 N–H and O–H groups in total. The first-order valence-corrected chi connectivity index (χ1v) is 7.09. The van der Waals surface area contributed by atoms with E-state index in [4.69, 9.17) is 5.73 Å². The van der Waals surface area contributed by atoms with Crippen molar-refractivity contribution in [2.75, 3.05) is 34.2 Å². The minimum absolute atomic E-state index is 0.131. The van der Waals surface area contributed by atoms with Gasteiger partial charge in [0.05, 0.1) is 0 Å². The van der Waals surface area contributed by atoms with Crippen LogP contribution in [-0.4, -0.2) is 50.1 Å². The predicted molar refractivity (Wildman–Crippen MR) is 83.4 cm³/mol. The number of benzene rings is 1. The molecule has 1 aromatic carbocycles. The topological polar surface area (TPSA) is 32.5 Å². The Bertz CT molecular complexity index is 374. The second-order valence-corrected chi connectivity index (χ2v) is 5.86. The first-order chi connectivity index (χ1) is 8.91. The average molecular weight is 263 g/mol. The van der Waals surface area contributed by atoms with Crippen LogP contribution >= 0.6 is 0 Å². The second kappa shape index (κ2) is 7.63. The molecule has 0 amide bonds. The highest BCUT2D eigenvalue weighted by Gasteiger charge is 2.20. The number of aryl methyl sites for hydroxylation is 1. The van der Waals surface area contributed by atoms with E-state index in [1.807, 2.05) is 0 Å². The van der Waals surface area contributed by atoms with Crippen LogP contribution in [0.3, 0.4) is 0 Å². The minimum atomic E-state index is 0.131. The Morgan fingerprint density at radius 3 is 2.37 bits per heavy atom. The molecule has 0 saturated carbocycles. The van der Waals surface area contributed by atoms with Crippen molar-refractivity contribution in [1.82, 2.24) is 9.80 Å². The molecule has 0 heterocycles. The van der Waals surface area contributed by atoms with Gasteiger partial charge in [-0.15, -0.1) is 0 Å². The van der Waals surface area contributed by atoms with Crippen molar-refractivity contribution in [3.8, 4) is 0 Å². The standard InChI is InChI=1S/C16H29N3/c1-13-8-6-9-15(12-13)16(14(2)17)19(5)11-7-10-18(3)4/h6,8-9,12,14,16H,7,10-11,17H2,1-5H3. The molecular weight excluding hydrogens is 234 g/mol. The third-order valence-corrected chi connectivity index (χ3v) is 3.47. The van der Waals surface area contributed by atoms with Crippen LogP contribution in [0.2, 0.25) is 0 Å². The largest absolute Gasteiger partial charge is 0.326 e. The number of rotatable bonds is 7. The van der Waals surface area contributed by atoms with Gasteiger partial charge in [-0.2, -0.15) is 0 Å². The van der Waals surface area contributed by atoms with E-state index in [0.717, 1.165) is 13.1 Å². The molecule has 19 heavy (non-hydrogen) atoms. The van der Waals surface area contributed by atoms with E-state index in [2.05, 4.69) is 69.1 Å². The first kappa shape index (κ1) is 16.2. The van der Waals surface area contributed by atoms with Crippen LogP contribution in [0.4, 0.5) is 0 Å². The summed E-state index contributed by atoms with van der Waals surface area (Å²) >= 11 is 0. The molecule has 108 valence electrons. The van der Waals surface area contributed by atoms with Crippen molar-refractivity contribution >= 4 is 0 Å². The van der Waals surface area contributed by atoms with Crippen LogP contribution < -0.4 is 5.73 Å². The third-order valence-electron chi connectivity index (χ3n) is 3.47. The summed E-state index contributed by atoms with van der Waals surface area (Å²) in [4.78, 5) is 4.60.